The summed E-state index contributed by atoms with van der Waals surface area (Å²) in [5.74, 6) is -3.97. The minimum atomic E-state index is -1.23. The Labute approximate surface area is 260 Å². The third-order valence-corrected chi connectivity index (χ3v) is 8.11. The number of carbonyl (C=O) groups is 5. The molecule has 2 heterocycles. The summed E-state index contributed by atoms with van der Waals surface area (Å²) in [5.41, 5.74) is 1.70. The topological polar surface area (TPSA) is 137 Å². The highest BCUT2D eigenvalue weighted by Crippen LogP contribution is 2.29. The molecule has 1 aliphatic heterocycles. The Balaban J connectivity index is 1.51. The van der Waals surface area contributed by atoms with Gasteiger partial charge in [-0.3, -0.25) is 24.0 Å². The zero-order valence-corrected chi connectivity index (χ0v) is 25.7. The van der Waals surface area contributed by atoms with Crippen molar-refractivity contribution in [2.24, 2.45) is 17.8 Å². The average Bonchev–Trinajstić information content (AvgIpc) is 3.41. The van der Waals surface area contributed by atoms with Crippen molar-refractivity contribution in [3.05, 3.63) is 69.8 Å². The Hall–Kier alpha value is -3.69. The number of aromatic amines is 1. The quantitative estimate of drug-likeness (QED) is 0.156. The van der Waals surface area contributed by atoms with Crippen LogP contribution < -0.4 is 16.0 Å². The van der Waals surface area contributed by atoms with Crippen LogP contribution in [-0.2, 0) is 25.7 Å². The molecule has 4 N–H and O–H groups in total. The van der Waals surface area contributed by atoms with Gasteiger partial charge in [0.2, 0.25) is 17.6 Å². The fraction of sp³-hybridized carbons (Fsp3) is 0.406. The van der Waals surface area contributed by atoms with Crippen LogP contribution >= 0.6 is 23.2 Å². The van der Waals surface area contributed by atoms with Crippen LogP contribution in [0.5, 0.6) is 0 Å². The maximum atomic E-state index is 13.7. The number of hydrogen-bond acceptors (Lipinski definition) is 5. The van der Waals surface area contributed by atoms with Crippen molar-refractivity contribution >= 4 is 63.4 Å². The lowest BCUT2D eigenvalue weighted by molar-refractivity contribution is -0.141. The van der Waals surface area contributed by atoms with E-state index in [1.165, 1.54) is 0 Å². The molecule has 9 nitrogen and oxygen atoms in total. The van der Waals surface area contributed by atoms with Gasteiger partial charge in [-0.15, -0.1) is 0 Å². The number of amides is 3. The SMILES string of the molecule is CC(C)C[C@H](CC(=O)c1cc2c(Cl)cc(Cl)cc2[nH]1)C(=O)N[C@@H](C[C@@H]1CCCNC1=O)C(=O)C(=O)NCc1ccccc1. The number of piperidine rings is 1. The standard InChI is InChI=1S/C32H36Cl2N4O5/c1-18(2)11-21(13-28(39)26-16-23-24(34)14-22(33)15-25(23)37-26)31(42)38-27(12-20-9-6-10-35-30(20)41)29(40)32(43)36-17-19-7-4-3-5-8-19/h3-5,7-8,14-16,18,20-21,27,37H,6,9-13,17H2,1-2H3,(H,35,41)(H,36,43)(H,38,42)/t20-,21+,27-/m0/s1. The number of carbonyl (C=O) groups excluding carboxylic acids is 5. The first kappa shape index (κ1) is 32.2. The normalized spacial score (nSPS) is 16.4. The molecule has 1 fully saturated rings. The first-order valence-corrected chi connectivity index (χ1v) is 15.2. The average molecular weight is 628 g/mol. The molecule has 43 heavy (non-hydrogen) atoms. The number of ketones is 2. The van der Waals surface area contributed by atoms with Crippen LogP contribution in [0.25, 0.3) is 10.9 Å². The third kappa shape index (κ3) is 8.67. The monoisotopic (exact) mass is 626 g/mol. The third-order valence-electron chi connectivity index (χ3n) is 7.58. The summed E-state index contributed by atoms with van der Waals surface area (Å²) in [5, 5.41) is 9.60. The van der Waals surface area contributed by atoms with Gasteiger partial charge in [-0.25, -0.2) is 0 Å². The molecule has 0 spiro atoms. The highest BCUT2D eigenvalue weighted by molar-refractivity contribution is 6.39. The first-order valence-electron chi connectivity index (χ1n) is 14.5. The molecule has 3 atom stereocenters. The first-order chi connectivity index (χ1) is 20.5. The Morgan fingerprint density at radius 1 is 1.05 bits per heavy atom. The number of hydrogen-bond donors (Lipinski definition) is 4. The van der Waals surface area contributed by atoms with Crippen molar-refractivity contribution in [1.29, 1.82) is 0 Å². The van der Waals surface area contributed by atoms with Gasteiger partial charge in [-0.2, -0.15) is 0 Å². The second-order valence-electron chi connectivity index (χ2n) is 11.4. The second kappa shape index (κ2) is 14.7. The Morgan fingerprint density at radius 3 is 2.49 bits per heavy atom. The zero-order chi connectivity index (χ0) is 31.1. The molecule has 1 aromatic heterocycles. The number of nitrogens with one attached hydrogen (secondary N) is 4. The molecule has 0 saturated carbocycles. The molecule has 0 aliphatic carbocycles. The predicted octanol–water partition coefficient (Wildman–Crippen LogP) is 5.00. The molecule has 3 amide bonds. The Kier molecular flexibility index (Phi) is 11.0. The van der Waals surface area contributed by atoms with E-state index in [1.54, 1.807) is 18.2 Å². The fourth-order valence-corrected chi connectivity index (χ4v) is 5.93. The maximum Gasteiger partial charge on any atom is 0.289 e. The Morgan fingerprint density at radius 2 is 1.79 bits per heavy atom. The van der Waals surface area contributed by atoms with Crippen molar-refractivity contribution in [1.82, 2.24) is 20.9 Å². The van der Waals surface area contributed by atoms with Crippen LogP contribution in [0.3, 0.4) is 0 Å². The zero-order valence-electron chi connectivity index (χ0n) is 24.2. The van der Waals surface area contributed by atoms with Crippen LogP contribution in [0.1, 0.15) is 62.0 Å². The molecular formula is C32H36Cl2N4O5. The van der Waals surface area contributed by atoms with Gasteiger partial charge < -0.3 is 20.9 Å². The highest BCUT2D eigenvalue weighted by atomic mass is 35.5. The Bertz CT molecular complexity index is 1500. The van der Waals surface area contributed by atoms with Gasteiger partial charge in [0.25, 0.3) is 5.91 Å². The lowest BCUT2D eigenvalue weighted by Gasteiger charge is -2.27. The number of Topliss-reactive ketones (excluding diaryl/α,β-unsaturated/α-hetero) is 2. The molecule has 4 rings (SSSR count). The van der Waals surface area contributed by atoms with E-state index in [2.05, 4.69) is 20.9 Å². The van der Waals surface area contributed by atoms with Gasteiger partial charge >= 0.3 is 0 Å². The van der Waals surface area contributed by atoms with Crippen LogP contribution in [-0.4, -0.2) is 46.9 Å². The molecule has 0 unspecified atom stereocenters. The highest BCUT2D eigenvalue weighted by Gasteiger charge is 2.35. The predicted molar refractivity (Wildman–Crippen MR) is 166 cm³/mol. The number of aromatic nitrogens is 1. The van der Waals surface area contributed by atoms with Crippen LogP contribution in [0.15, 0.2) is 48.5 Å². The van der Waals surface area contributed by atoms with E-state index in [0.717, 1.165) is 12.0 Å². The molecule has 1 aliphatic rings. The fourth-order valence-electron chi connectivity index (χ4n) is 5.39. The van der Waals surface area contributed by atoms with Crippen LogP contribution in [0.4, 0.5) is 0 Å². The summed E-state index contributed by atoms with van der Waals surface area (Å²) >= 11 is 12.4. The number of halogens is 2. The number of benzene rings is 2. The van der Waals surface area contributed by atoms with Gasteiger partial charge in [0.05, 0.1) is 16.8 Å². The van der Waals surface area contributed by atoms with E-state index in [1.807, 2.05) is 44.2 Å². The lowest BCUT2D eigenvalue weighted by Crippen LogP contribution is -2.51. The summed E-state index contributed by atoms with van der Waals surface area (Å²) < 4.78 is 0. The maximum absolute atomic E-state index is 13.7. The minimum absolute atomic E-state index is 0.0151. The van der Waals surface area contributed by atoms with Crippen molar-refractivity contribution < 1.29 is 24.0 Å². The minimum Gasteiger partial charge on any atom is -0.356 e. The van der Waals surface area contributed by atoms with Crippen molar-refractivity contribution in [2.75, 3.05) is 6.54 Å². The molecule has 228 valence electrons. The van der Waals surface area contributed by atoms with E-state index in [0.29, 0.717) is 40.3 Å². The summed E-state index contributed by atoms with van der Waals surface area (Å²) in [6.45, 7) is 4.55. The number of fused-ring (bicyclic) bond motifs is 1. The number of rotatable bonds is 13. The van der Waals surface area contributed by atoms with Gasteiger partial charge in [0, 0.05) is 47.3 Å². The van der Waals surface area contributed by atoms with Crippen molar-refractivity contribution in [2.45, 2.75) is 58.5 Å². The second-order valence-corrected chi connectivity index (χ2v) is 12.3. The number of H-pyrrole nitrogens is 1. The molecule has 0 bridgehead atoms. The van der Waals surface area contributed by atoms with Gasteiger partial charge in [-0.1, -0.05) is 67.4 Å². The van der Waals surface area contributed by atoms with E-state index in [-0.39, 0.29) is 42.7 Å². The van der Waals surface area contributed by atoms with E-state index in [4.69, 9.17) is 23.2 Å². The van der Waals surface area contributed by atoms with Crippen LogP contribution in [0.2, 0.25) is 10.0 Å². The van der Waals surface area contributed by atoms with Gasteiger partial charge in [0.1, 0.15) is 0 Å². The summed E-state index contributed by atoms with van der Waals surface area (Å²) in [4.78, 5) is 68.8. The van der Waals surface area contributed by atoms with Gasteiger partial charge in [-0.05, 0) is 55.4 Å². The molecule has 3 aromatic rings. The van der Waals surface area contributed by atoms with Gasteiger partial charge in [0.15, 0.2) is 5.78 Å². The summed E-state index contributed by atoms with van der Waals surface area (Å²) in [6.07, 6.45) is 1.50. The molecule has 2 aromatic carbocycles. The van der Waals surface area contributed by atoms with Crippen LogP contribution in [0, 0.1) is 17.8 Å². The smallest absolute Gasteiger partial charge is 0.289 e. The van der Waals surface area contributed by atoms with Crippen molar-refractivity contribution in [3.63, 3.8) is 0 Å². The lowest BCUT2D eigenvalue weighted by atomic mass is 9.88. The van der Waals surface area contributed by atoms with E-state index < -0.39 is 35.5 Å². The summed E-state index contributed by atoms with van der Waals surface area (Å²) in [6, 6.07) is 12.8. The largest absolute Gasteiger partial charge is 0.356 e. The molecule has 1 saturated heterocycles. The van der Waals surface area contributed by atoms with E-state index >= 15 is 0 Å². The van der Waals surface area contributed by atoms with Crippen molar-refractivity contribution in [3.8, 4) is 0 Å². The summed E-state index contributed by atoms with van der Waals surface area (Å²) in [7, 11) is 0. The molecule has 11 heteroatoms. The molecule has 0 radical (unpaired) electrons. The molecular weight excluding hydrogens is 591 g/mol. The van der Waals surface area contributed by atoms with E-state index in [9.17, 15) is 24.0 Å².